The van der Waals surface area contributed by atoms with Crippen molar-refractivity contribution in [1.29, 1.82) is 0 Å². The first-order chi connectivity index (χ1) is 5.63. The van der Waals surface area contributed by atoms with Crippen LogP contribution in [-0.4, -0.2) is 17.2 Å². The molecular weight excluding hydrogens is 232 g/mol. The predicted molar refractivity (Wildman–Crippen MR) is 42.3 cm³/mol. The summed E-state index contributed by atoms with van der Waals surface area (Å²) in [6.45, 7) is 0. The topological polar surface area (TPSA) is 30.0 Å². The lowest BCUT2D eigenvalue weighted by atomic mass is 10.2. The molecule has 0 N–H and O–H groups in total. The van der Waals surface area contributed by atoms with Crippen molar-refractivity contribution >= 4 is 21.7 Å². The van der Waals surface area contributed by atoms with E-state index in [9.17, 15) is 13.6 Å². The second-order valence-electron chi connectivity index (χ2n) is 2.02. The number of pyridine rings is 1. The number of halogens is 3. The number of hydrogen-bond acceptors (Lipinski definition) is 2. The third-order valence-corrected chi connectivity index (χ3v) is 1.87. The van der Waals surface area contributed by atoms with Gasteiger partial charge in [0.05, 0.1) is 0 Å². The standard InChI is InChI=1S/C7H4BrF2NO/c8-5-3-11-2-1-4(5)6(12)7(9)10/h1-3,7H. The van der Waals surface area contributed by atoms with Crippen LogP contribution in [-0.2, 0) is 0 Å². The zero-order valence-electron chi connectivity index (χ0n) is 5.80. The fourth-order valence-electron chi connectivity index (χ4n) is 0.693. The van der Waals surface area contributed by atoms with E-state index in [1.54, 1.807) is 0 Å². The molecule has 0 saturated carbocycles. The molecule has 0 radical (unpaired) electrons. The van der Waals surface area contributed by atoms with Crippen LogP contribution in [0.5, 0.6) is 0 Å². The van der Waals surface area contributed by atoms with Gasteiger partial charge in [0.15, 0.2) is 0 Å². The van der Waals surface area contributed by atoms with Gasteiger partial charge in [-0.2, -0.15) is 0 Å². The second kappa shape index (κ2) is 3.71. The molecule has 0 amide bonds. The van der Waals surface area contributed by atoms with Crippen LogP contribution in [0.15, 0.2) is 22.9 Å². The maximum atomic E-state index is 11.9. The molecule has 0 aliphatic heterocycles. The lowest BCUT2D eigenvalue weighted by Crippen LogP contribution is -2.10. The van der Waals surface area contributed by atoms with Crippen LogP contribution in [0.25, 0.3) is 0 Å². The molecule has 0 saturated heterocycles. The van der Waals surface area contributed by atoms with Crippen molar-refractivity contribution in [1.82, 2.24) is 4.98 Å². The average molecular weight is 236 g/mol. The van der Waals surface area contributed by atoms with Crippen molar-refractivity contribution in [2.45, 2.75) is 6.43 Å². The van der Waals surface area contributed by atoms with E-state index in [4.69, 9.17) is 0 Å². The highest BCUT2D eigenvalue weighted by Gasteiger charge is 2.19. The van der Waals surface area contributed by atoms with Gasteiger partial charge in [-0.25, -0.2) is 8.78 Å². The Morgan fingerprint density at radius 1 is 1.58 bits per heavy atom. The van der Waals surface area contributed by atoms with E-state index in [0.717, 1.165) is 0 Å². The van der Waals surface area contributed by atoms with E-state index in [-0.39, 0.29) is 10.0 Å². The Bertz CT molecular complexity index is 303. The number of alkyl halides is 2. The number of carbonyl (C=O) groups excluding carboxylic acids is 1. The molecule has 1 heterocycles. The Morgan fingerprint density at radius 2 is 2.25 bits per heavy atom. The largest absolute Gasteiger partial charge is 0.300 e. The normalized spacial score (nSPS) is 10.3. The zero-order valence-corrected chi connectivity index (χ0v) is 7.38. The molecule has 0 aliphatic carbocycles. The first-order valence-corrected chi connectivity index (χ1v) is 3.84. The molecule has 0 unspecified atom stereocenters. The van der Waals surface area contributed by atoms with E-state index < -0.39 is 12.2 Å². The fourth-order valence-corrected chi connectivity index (χ4v) is 1.14. The molecule has 0 spiro atoms. The molecule has 2 nitrogen and oxygen atoms in total. The maximum Gasteiger partial charge on any atom is 0.300 e. The van der Waals surface area contributed by atoms with Crippen LogP contribution in [0.1, 0.15) is 10.4 Å². The summed E-state index contributed by atoms with van der Waals surface area (Å²) in [5.74, 6) is -1.19. The van der Waals surface area contributed by atoms with E-state index >= 15 is 0 Å². The van der Waals surface area contributed by atoms with Gasteiger partial charge in [0, 0.05) is 22.4 Å². The van der Waals surface area contributed by atoms with Gasteiger partial charge in [0.2, 0.25) is 5.78 Å². The fraction of sp³-hybridized carbons (Fsp3) is 0.143. The van der Waals surface area contributed by atoms with Crippen LogP contribution in [0.4, 0.5) is 8.78 Å². The summed E-state index contributed by atoms with van der Waals surface area (Å²) < 4.78 is 24.1. The van der Waals surface area contributed by atoms with Crippen LogP contribution in [0.3, 0.4) is 0 Å². The molecule has 1 aromatic rings. The SMILES string of the molecule is O=C(c1ccncc1Br)C(F)F. The lowest BCUT2D eigenvalue weighted by molar-refractivity contribution is 0.0678. The highest BCUT2D eigenvalue weighted by Crippen LogP contribution is 2.17. The number of Topliss-reactive ketones (excluding diaryl/α,β-unsaturated/α-hetero) is 1. The highest BCUT2D eigenvalue weighted by atomic mass is 79.9. The monoisotopic (exact) mass is 235 g/mol. The minimum Gasteiger partial charge on any atom is -0.288 e. The van der Waals surface area contributed by atoms with E-state index in [1.165, 1.54) is 18.5 Å². The van der Waals surface area contributed by atoms with Gasteiger partial charge in [-0.05, 0) is 22.0 Å². The number of ketones is 1. The first-order valence-electron chi connectivity index (χ1n) is 3.05. The Kier molecular flexibility index (Phi) is 2.86. The molecule has 1 aromatic heterocycles. The number of carbonyl (C=O) groups is 1. The summed E-state index contributed by atoms with van der Waals surface area (Å²) in [5, 5.41) is 0. The smallest absolute Gasteiger partial charge is 0.288 e. The highest BCUT2D eigenvalue weighted by molar-refractivity contribution is 9.10. The van der Waals surface area contributed by atoms with E-state index in [2.05, 4.69) is 20.9 Å². The van der Waals surface area contributed by atoms with Gasteiger partial charge >= 0.3 is 6.43 Å². The second-order valence-corrected chi connectivity index (χ2v) is 2.87. The van der Waals surface area contributed by atoms with Gasteiger partial charge in [0.25, 0.3) is 0 Å². The van der Waals surface area contributed by atoms with Crippen molar-refractivity contribution in [2.75, 3.05) is 0 Å². The van der Waals surface area contributed by atoms with Crippen molar-refractivity contribution < 1.29 is 13.6 Å². The molecule has 0 aliphatic rings. The van der Waals surface area contributed by atoms with Gasteiger partial charge in [-0.3, -0.25) is 9.78 Å². The van der Waals surface area contributed by atoms with Gasteiger partial charge < -0.3 is 0 Å². The lowest BCUT2D eigenvalue weighted by Gasteiger charge is -2.00. The third kappa shape index (κ3) is 1.85. The van der Waals surface area contributed by atoms with Gasteiger partial charge in [-0.15, -0.1) is 0 Å². The Balaban J connectivity index is 3.03. The van der Waals surface area contributed by atoms with Gasteiger partial charge in [0.1, 0.15) is 0 Å². The summed E-state index contributed by atoms with van der Waals surface area (Å²) >= 11 is 2.95. The summed E-state index contributed by atoms with van der Waals surface area (Å²) in [4.78, 5) is 14.4. The van der Waals surface area contributed by atoms with Crippen LogP contribution in [0.2, 0.25) is 0 Å². The first kappa shape index (κ1) is 9.25. The minimum absolute atomic E-state index is 0.0417. The Hall–Kier alpha value is -0.840. The predicted octanol–water partition coefficient (Wildman–Crippen LogP) is 2.29. The number of hydrogen-bond donors (Lipinski definition) is 0. The van der Waals surface area contributed by atoms with Crippen LogP contribution in [0, 0.1) is 0 Å². The molecule has 0 atom stereocenters. The summed E-state index contributed by atoms with van der Waals surface area (Å²) in [6.07, 6.45) is -0.376. The molecule has 0 bridgehead atoms. The number of rotatable bonds is 2. The summed E-state index contributed by atoms with van der Waals surface area (Å²) in [6, 6.07) is 1.25. The van der Waals surface area contributed by atoms with Crippen molar-refractivity contribution in [2.24, 2.45) is 0 Å². The molecule has 5 heteroatoms. The number of aromatic nitrogens is 1. The Morgan fingerprint density at radius 3 is 2.75 bits per heavy atom. The van der Waals surface area contributed by atoms with E-state index in [1.807, 2.05) is 0 Å². The van der Waals surface area contributed by atoms with Crippen LogP contribution >= 0.6 is 15.9 Å². The zero-order chi connectivity index (χ0) is 9.14. The summed E-state index contributed by atoms with van der Waals surface area (Å²) in [5.41, 5.74) is -0.0417. The minimum atomic E-state index is -2.97. The van der Waals surface area contributed by atoms with E-state index in [0.29, 0.717) is 0 Å². The van der Waals surface area contributed by atoms with Crippen LogP contribution < -0.4 is 0 Å². The molecular formula is C7H4BrF2NO. The van der Waals surface area contributed by atoms with Crippen molar-refractivity contribution in [3.05, 3.63) is 28.5 Å². The number of nitrogens with zero attached hydrogens (tertiary/aromatic N) is 1. The quantitative estimate of drug-likeness (QED) is 0.737. The summed E-state index contributed by atoms with van der Waals surface area (Å²) in [7, 11) is 0. The van der Waals surface area contributed by atoms with Gasteiger partial charge in [-0.1, -0.05) is 0 Å². The molecule has 0 fully saturated rings. The maximum absolute atomic E-state index is 11.9. The molecule has 64 valence electrons. The average Bonchev–Trinajstić information content (AvgIpc) is 2.04. The Labute approximate surface area is 75.7 Å². The van der Waals surface area contributed by atoms with Crippen molar-refractivity contribution in [3.8, 4) is 0 Å². The van der Waals surface area contributed by atoms with Crippen molar-refractivity contribution in [3.63, 3.8) is 0 Å². The molecule has 12 heavy (non-hydrogen) atoms. The molecule has 1 rings (SSSR count). The third-order valence-electron chi connectivity index (χ3n) is 1.24. The molecule has 0 aromatic carbocycles.